The summed E-state index contributed by atoms with van der Waals surface area (Å²) in [4.78, 5) is 0. The number of benzene rings is 1. The first-order valence-electron chi connectivity index (χ1n) is 4.12. The molecule has 13 heavy (non-hydrogen) atoms. The van der Waals surface area contributed by atoms with Crippen molar-refractivity contribution in [1.82, 2.24) is 0 Å². The van der Waals surface area contributed by atoms with Crippen molar-refractivity contribution < 1.29 is 8.78 Å². The first kappa shape index (κ1) is 10.5. The van der Waals surface area contributed by atoms with Crippen molar-refractivity contribution in [2.45, 2.75) is 26.2 Å². The predicted octanol–water partition coefficient (Wildman–Crippen LogP) is 4.15. The Labute approximate surface area is 81.5 Å². The van der Waals surface area contributed by atoms with Gasteiger partial charge >= 0.3 is 0 Å². The molecule has 0 saturated heterocycles. The number of halogens is 3. The van der Waals surface area contributed by atoms with Crippen molar-refractivity contribution in [3.8, 4) is 0 Å². The van der Waals surface area contributed by atoms with E-state index in [0.29, 0.717) is 0 Å². The van der Waals surface area contributed by atoms with Crippen molar-refractivity contribution >= 4 is 11.6 Å². The van der Waals surface area contributed by atoms with Crippen molar-refractivity contribution in [2.24, 2.45) is 0 Å². The second kappa shape index (κ2) is 3.62. The average Bonchev–Trinajstić information content (AvgIpc) is 2.09. The van der Waals surface area contributed by atoms with Crippen molar-refractivity contribution in [2.75, 3.05) is 0 Å². The van der Waals surface area contributed by atoms with Crippen LogP contribution in [-0.2, 0) is 5.92 Å². The Hall–Kier alpha value is -0.630. The van der Waals surface area contributed by atoms with Crippen LogP contribution < -0.4 is 0 Å². The lowest BCUT2D eigenvalue weighted by Crippen LogP contribution is -2.12. The largest absolute Gasteiger partial charge is 0.274 e. The summed E-state index contributed by atoms with van der Waals surface area (Å²) in [6, 6.07) is 4.67. The zero-order valence-electron chi connectivity index (χ0n) is 7.57. The maximum atomic E-state index is 13.2. The molecule has 0 aliphatic rings. The summed E-state index contributed by atoms with van der Waals surface area (Å²) in [7, 11) is 0. The van der Waals surface area contributed by atoms with Crippen LogP contribution in [0.3, 0.4) is 0 Å². The van der Waals surface area contributed by atoms with E-state index in [-0.39, 0.29) is 17.0 Å². The molecule has 72 valence electrons. The first-order chi connectivity index (χ1) is 5.97. The Morgan fingerprint density at radius 3 is 2.54 bits per heavy atom. The molecule has 1 aromatic carbocycles. The molecule has 0 fully saturated rings. The SMILES string of the molecule is CCC(F)(F)c1cc(C)ccc1Cl. The fourth-order valence-electron chi connectivity index (χ4n) is 1.11. The second-order valence-corrected chi connectivity index (χ2v) is 3.45. The Morgan fingerprint density at radius 1 is 1.38 bits per heavy atom. The molecule has 0 aliphatic heterocycles. The summed E-state index contributed by atoms with van der Waals surface area (Å²) in [6.07, 6.45) is -0.226. The molecule has 0 aliphatic carbocycles. The summed E-state index contributed by atoms with van der Waals surface area (Å²) >= 11 is 5.68. The van der Waals surface area contributed by atoms with Crippen LogP contribution in [0.25, 0.3) is 0 Å². The molecule has 1 aromatic rings. The molecule has 0 amide bonds. The zero-order chi connectivity index (χ0) is 10.1. The Bertz CT molecular complexity index is 308. The van der Waals surface area contributed by atoms with Gasteiger partial charge < -0.3 is 0 Å². The van der Waals surface area contributed by atoms with Gasteiger partial charge in [-0.2, -0.15) is 0 Å². The molecule has 0 radical (unpaired) electrons. The van der Waals surface area contributed by atoms with E-state index in [4.69, 9.17) is 11.6 Å². The van der Waals surface area contributed by atoms with Gasteiger partial charge in [0.15, 0.2) is 0 Å². The van der Waals surface area contributed by atoms with E-state index in [0.717, 1.165) is 5.56 Å². The van der Waals surface area contributed by atoms with Crippen molar-refractivity contribution in [1.29, 1.82) is 0 Å². The van der Waals surface area contributed by atoms with Crippen LogP contribution in [-0.4, -0.2) is 0 Å². The van der Waals surface area contributed by atoms with Crippen molar-refractivity contribution in [3.05, 3.63) is 34.3 Å². The highest BCUT2D eigenvalue weighted by molar-refractivity contribution is 6.31. The minimum atomic E-state index is -2.82. The Morgan fingerprint density at radius 2 is 2.00 bits per heavy atom. The van der Waals surface area contributed by atoms with E-state index in [1.165, 1.54) is 19.1 Å². The molecule has 0 atom stereocenters. The van der Waals surface area contributed by atoms with E-state index in [2.05, 4.69) is 0 Å². The fraction of sp³-hybridized carbons (Fsp3) is 0.400. The van der Waals surface area contributed by atoms with Gasteiger partial charge in [0.1, 0.15) is 0 Å². The number of aryl methyl sites for hydroxylation is 1. The van der Waals surface area contributed by atoms with Gasteiger partial charge in [-0.1, -0.05) is 30.2 Å². The summed E-state index contributed by atoms with van der Waals surface area (Å²) < 4.78 is 26.5. The third-order valence-corrected chi connectivity index (χ3v) is 2.29. The van der Waals surface area contributed by atoms with Crippen LogP contribution in [0, 0.1) is 6.92 Å². The Balaban J connectivity index is 3.20. The summed E-state index contributed by atoms with van der Waals surface area (Å²) in [5.41, 5.74) is 0.726. The fourth-order valence-corrected chi connectivity index (χ4v) is 1.37. The third-order valence-electron chi connectivity index (χ3n) is 1.96. The minimum Gasteiger partial charge on any atom is -0.201 e. The van der Waals surface area contributed by atoms with Gasteiger partial charge in [0, 0.05) is 17.0 Å². The second-order valence-electron chi connectivity index (χ2n) is 3.04. The topological polar surface area (TPSA) is 0 Å². The minimum absolute atomic E-state index is 0.0725. The maximum Gasteiger partial charge on any atom is 0.274 e. The van der Waals surface area contributed by atoms with Gasteiger partial charge in [0.05, 0.1) is 0 Å². The molecule has 0 N–H and O–H groups in total. The van der Waals surface area contributed by atoms with Gasteiger partial charge in [0.25, 0.3) is 5.92 Å². The quantitative estimate of drug-likeness (QED) is 0.679. The van der Waals surface area contributed by atoms with Crippen LogP contribution in [0.5, 0.6) is 0 Å². The molecule has 0 spiro atoms. The highest BCUT2D eigenvalue weighted by Crippen LogP contribution is 2.36. The molecular weight excluding hydrogens is 194 g/mol. The predicted molar refractivity (Wildman–Crippen MR) is 50.4 cm³/mol. The van der Waals surface area contributed by atoms with Gasteiger partial charge in [-0.25, -0.2) is 8.78 Å². The summed E-state index contributed by atoms with van der Waals surface area (Å²) in [5.74, 6) is -2.82. The number of rotatable bonds is 2. The molecule has 0 nitrogen and oxygen atoms in total. The van der Waals surface area contributed by atoms with E-state index in [1.807, 2.05) is 0 Å². The number of hydrogen-bond donors (Lipinski definition) is 0. The molecule has 1 rings (SSSR count). The van der Waals surface area contributed by atoms with Gasteiger partial charge in [-0.05, 0) is 19.1 Å². The average molecular weight is 205 g/mol. The summed E-state index contributed by atoms with van der Waals surface area (Å²) in [6.45, 7) is 3.21. The Kier molecular flexibility index (Phi) is 2.91. The lowest BCUT2D eigenvalue weighted by molar-refractivity contribution is -0.00822. The van der Waals surface area contributed by atoms with E-state index >= 15 is 0 Å². The van der Waals surface area contributed by atoms with Crippen LogP contribution in [0.1, 0.15) is 24.5 Å². The van der Waals surface area contributed by atoms with Gasteiger partial charge in [0.2, 0.25) is 0 Å². The lowest BCUT2D eigenvalue weighted by Gasteiger charge is -2.16. The highest BCUT2D eigenvalue weighted by atomic mass is 35.5. The van der Waals surface area contributed by atoms with Crippen molar-refractivity contribution in [3.63, 3.8) is 0 Å². The monoisotopic (exact) mass is 204 g/mol. The van der Waals surface area contributed by atoms with Crippen LogP contribution in [0.15, 0.2) is 18.2 Å². The van der Waals surface area contributed by atoms with Gasteiger partial charge in [-0.15, -0.1) is 0 Å². The molecule has 0 aromatic heterocycles. The van der Waals surface area contributed by atoms with E-state index < -0.39 is 5.92 Å². The van der Waals surface area contributed by atoms with Crippen LogP contribution >= 0.6 is 11.6 Å². The molecule has 3 heteroatoms. The van der Waals surface area contributed by atoms with Crippen LogP contribution in [0.2, 0.25) is 5.02 Å². The molecule has 0 heterocycles. The van der Waals surface area contributed by atoms with E-state index in [1.54, 1.807) is 13.0 Å². The molecule has 0 bridgehead atoms. The first-order valence-corrected chi connectivity index (χ1v) is 4.49. The van der Waals surface area contributed by atoms with E-state index in [9.17, 15) is 8.78 Å². The smallest absolute Gasteiger partial charge is 0.201 e. The lowest BCUT2D eigenvalue weighted by atomic mass is 10.0. The third kappa shape index (κ3) is 2.19. The number of hydrogen-bond acceptors (Lipinski definition) is 0. The molecular formula is C10H11ClF2. The maximum absolute atomic E-state index is 13.2. The normalized spacial score (nSPS) is 11.8. The highest BCUT2D eigenvalue weighted by Gasteiger charge is 2.31. The van der Waals surface area contributed by atoms with Crippen LogP contribution in [0.4, 0.5) is 8.78 Å². The standard InChI is InChI=1S/C10H11ClF2/c1-3-10(12,13)8-6-7(2)4-5-9(8)11/h4-6H,3H2,1-2H3. The summed E-state index contributed by atoms with van der Waals surface area (Å²) in [5, 5.41) is 0.137. The molecule has 0 unspecified atom stereocenters. The van der Waals surface area contributed by atoms with Gasteiger partial charge in [-0.3, -0.25) is 0 Å². The number of alkyl halides is 2. The zero-order valence-corrected chi connectivity index (χ0v) is 8.33. The molecule has 0 saturated carbocycles.